The number of fused-ring (bicyclic) bond motifs is 1. The first-order valence-corrected chi connectivity index (χ1v) is 10.3. The maximum absolute atomic E-state index is 12.2. The molecule has 2 amide bonds. The van der Waals surface area contributed by atoms with E-state index >= 15 is 0 Å². The van der Waals surface area contributed by atoms with E-state index in [1.165, 1.54) is 0 Å². The van der Waals surface area contributed by atoms with Crippen LogP contribution in [0.4, 0.5) is 16.2 Å². The van der Waals surface area contributed by atoms with Crippen LogP contribution in [-0.4, -0.2) is 41.8 Å². The molecule has 7 nitrogen and oxygen atoms in total. The molecule has 2 aromatic heterocycles. The van der Waals surface area contributed by atoms with Gasteiger partial charge in [0.25, 0.3) is 0 Å². The molecule has 3 rings (SSSR count). The van der Waals surface area contributed by atoms with Crippen molar-refractivity contribution in [3.05, 3.63) is 59.0 Å². The second-order valence-corrected chi connectivity index (χ2v) is 7.23. The number of aromatic nitrogens is 2. The van der Waals surface area contributed by atoms with E-state index in [0.29, 0.717) is 24.5 Å². The van der Waals surface area contributed by atoms with E-state index in [0.717, 1.165) is 34.4 Å². The Hall–Kier alpha value is -3.50. The molecule has 0 radical (unpaired) electrons. The quantitative estimate of drug-likeness (QED) is 0.334. The highest BCUT2D eigenvalue weighted by Gasteiger charge is 2.16. The molecule has 1 aromatic carbocycles. The molecule has 2 heterocycles. The van der Waals surface area contributed by atoms with E-state index in [4.69, 9.17) is 11.6 Å². The third kappa shape index (κ3) is 5.36. The number of nitrogens with zero attached hydrogens (tertiary/aromatic N) is 3. The van der Waals surface area contributed by atoms with Crippen molar-refractivity contribution in [1.29, 1.82) is 0 Å². The average molecular weight is 438 g/mol. The number of halogens is 1. The van der Waals surface area contributed by atoms with Gasteiger partial charge in [0, 0.05) is 68.9 Å². The normalized spacial score (nSPS) is 10.3. The van der Waals surface area contributed by atoms with Crippen LogP contribution in [0.3, 0.4) is 0 Å². The first-order chi connectivity index (χ1) is 15.0. The van der Waals surface area contributed by atoms with Gasteiger partial charge in [-0.2, -0.15) is 0 Å². The lowest BCUT2D eigenvalue weighted by Crippen LogP contribution is -2.39. The number of carbonyl (C=O) groups excluding carboxylic acids is 2. The maximum atomic E-state index is 12.2. The highest BCUT2D eigenvalue weighted by atomic mass is 35.5. The Bertz CT molecular complexity index is 1150. The summed E-state index contributed by atoms with van der Waals surface area (Å²) in [7, 11) is 1.57. The number of urea groups is 1. The molecule has 0 fully saturated rings. The second kappa shape index (κ2) is 10.5. The monoisotopic (exact) mass is 437 g/mol. The van der Waals surface area contributed by atoms with Crippen LogP contribution in [0.2, 0.25) is 5.02 Å². The van der Waals surface area contributed by atoms with Gasteiger partial charge in [0.15, 0.2) is 0 Å². The van der Waals surface area contributed by atoms with Crippen molar-refractivity contribution >= 4 is 40.9 Å². The van der Waals surface area contributed by atoms with E-state index < -0.39 is 0 Å². The van der Waals surface area contributed by atoms with Crippen LogP contribution < -0.4 is 15.5 Å². The van der Waals surface area contributed by atoms with Gasteiger partial charge in [0.2, 0.25) is 0 Å². The van der Waals surface area contributed by atoms with Gasteiger partial charge in [-0.1, -0.05) is 29.5 Å². The van der Waals surface area contributed by atoms with Gasteiger partial charge in [-0.05, 0) is 24.6 Å². The highest BCUT2D eigenvalue weighted by Crippen LogP contribution is 2.24. The number of nitrogens with one attached hydrogen (secondary N) is 2. The fourth-order valence-electron chi connectivity index (χ4n) is 3.18. The van der Waals surface area contributed by atoms with Crippen LogP contribution in [0.25, 0.3) is 5.65 Å². The van der Waals surface area contributed by atoms with Crippen LogP contribution in [-0.2, 0) is 4.79 Å². The summed E-state index contributed by atoms with van der Waals surface area (Å²) in [6.45, 7) is 2.87. The number of pyridine rings is 1. The number of hydrogen-bond acceptors (Lipinski definition) is 4. The summed E-state index contributed by atoms with van der Waals surface area (Å²) < 4.78 is 1.90. The first kappa shape index (κ1) is 22.2. The van der Waals surface area contributed by atoms with Crippen molar-refractivity contribution in [3.8, 4) is 11.8 Å². The molecule has 3 aromatic rings. The number of rotatable bonds is 7. The Labute approximate surface area is 186 Å². The summed E-state index contributed by atoms with van der Waals surface area (Å²) in [6, 6.07) is 7.20. The predicted molar refractivity (Wildman–Crippen MR) is 124 cm³/mol. The predicted octanol–water partition coefficient (Wildman–Crippen LogP) is 3.88. The Kier molecular flexibility index (Phi) is 7.52. The van der Waals surface area contributed by atoms with Crippen LogP contribution in [0.15, 0.2) is 42.9 Å². The summed E-state index contributed by atoms with van der Waals surface area (Å²) in [6.07, 6.45) is 7.18. The Morgan fingerprint density at radius 1 is 1.39 bits per heavy atom. The largest absolute Gasteiger partial charge is 0.382 e. The number of anilines is 2. The minimum absolute atomic E-state index is 0.258. The molecule has 160 valence electrons. The smallest absolute Gasteiger partial charge is 0.321 e. The van der Waals surface area contributed by atoms with Crippen molar-refractivity contribution in [1.82, 2.24) is 14.7 Å². The minimum atomic E-state index is -0.258. The molecule has 0 saturated carbocycles. The molecule has 8 heteroatoms. The molecule has 0 aliphatic heterocycles. The molecule has 31 heavy (non-hydrogen) atoms. The van der Waals surface area contributed by atoms with Crippen LogP contribution in [0.5, 0.6) is 0 Å². The molecule has 0 unspecified atom stereocenters. The Balaban J connectivity index is 1.67. The van der Waals surface area contributed by atoms with Crippen molar-refractivity contribution in [2.45, 2.75) is 19.8 Å². The number of amides is 2. The molecule has 2 N–H and O–H groups in total. The molecular weight excluding hydrogens is 414 g/mol. The zero-order valence-corrected chi connectivity index (χ0v) is 18.2. The van der Waals surface area contributed by atoms with E-state index in [2.05, 4.69) is 27.5 Å². The molecule has 0 aliphatic rings. The fourth-order valence-corrected chi connectivity index (χ4v) is 3.40. The van der Waals surface area contributed by atoms with Crippen LogP contribution in [0, 0.1) is 18.8 Å². The minimum Gasteiger partial charge on any atom is -0.382 e. The van der Waals surface area contributed by atoms with Crippen LogP contribution >= 0.6 is 11.6 Å². The standard InChI is InChI=1S/C23H24ClN5O2/c1-17-18(8-5-9-21(17)29(12-6-14-30)23(31)25-2)7-3-4-10-26-20-16-28-13-11-27-22(28)15-19(20)24/h5,8-9,11,13-16,26H,4,6,10,12H2,1-2H3,(H,25,31). The van der Waals surface area contributed by atoms with E-state index in [9.17, 15) is 9.59 Å². The number of imidazole rings is 1. The van der Waals surface area contributed by atoms with E-state index in [1.54, 1.807) is 18.1 Å². The van der Waals surface area contributed by atoms with Crippen molar-refractivity contribution in [3.63, 3.8) is 0 Å². The van der Waals surface area contributed by atoms with Crippen molar-refractivity contribution in [2.24, 2.45) is 0 Å². The average Bonchev–Trinajstić information content (AvgIpc) is 3.22. The zero-order chi connectivity index (χ0) is 22.2. The number of aldehydes is 1. The molecule has 0 atom stereocenters. The molecule has 0 aliphatic carbocycles. The van der Waals surface area contributed by atoms with E-state index in [1.807, 2.05) is 48.0 Å². The van der Waals surface area contributed by atoms with Gasteiger partial charge in [-0.25, -0.2) is 9.78 Å². The van der Waals surface area contributed by atoms with Gasteiger partial charge >= 0.3 is 6.03 Å². The van der Waals surface area contributed by atoms with Gasteiger partial charge in [0.05, 0.1) is 10.7 Å². The molecular formula is C23H24ClN5O2. The van der Waals surface area contributed by atoms with E-state index in [-0.39, 0.29) is 12.5 Å². The lowest BCUT2D eigenvalue weighted by Gasteiger charge is -2.23. The molecule has 0 saturated heterocycles. The Morgan fingerprint density at radius 3 is 3.00 bits per heavy atom. The lowest BCUT2D eigenvalue weighted by molar-refractivity contribution is -0.107. The number of hydrogen-bond donors (Lipinski definition) is 2. The number of benzene rings is 1. The zero-order valence-electron chi connectivity index (χ0n) is 17.5. The summed E-state index contributed by atoms with van der Waals surface area (Å²) in [5.41, 5.74) is 4.10. The lowest BCUT2D eigenvalue weighted by atomic mass is 10.1. The first-order valence-electron chi connectivity index (χ1n) is 9.92. The number of carbonyl (C=O) groups is 2. The summed E-state index contributed by atoms with van der Waals surface area (Å²) in [4.78, 5) is 28.8. The Morgan fingerprint density at radius 2 is 2.23 bits per heavy atom. The van der Waals surface area contributed by atoms with Gasteiger partial charge in [-0.3, -0.25) is 4.90 Å². The van der Waals surface area contributed by atoms with Gasteiger partial charge in [-0.15, -0.1) is 0 Å². The van der Waals surface area contributed by atoms with Crippen molar-refractivity contribution < 1.29 is 9.59 Å². The fraction of sp³-hybridized carbons (Fsp3) is 0.261. The van der Waals surface area contributed by atoms with Gasteiger partial charge < -0.3 is 19.8 Å². The molecule has 0 bridgehead atoms. The van der Waals surface area contributed by atoms with Crippen LogP contribution in [0.1, 0.15) is 24.0 Å². The SMILES string of the molecule is CNC(=O)N(CCC=O)c1cccc(C#CCCNc2cn3ccnc3cc2Cl)c1C. The summed E-state index contributed by atoms with van der Waals surface area (Å²) >= 11 is 6.30. The third-order valence-corrected chi connectivity index (χ3v) is 5.11. The van der Waals surface area contributed by atoms with Crippen molar-refractivity contribution in [2.75, 3.05) is 30.4 Å². The second-order valence-electron chi connectivity index (χ2n) is 6.82. The highest BCUT2D eigenvalue weighted by molar-refractivity contribution is 6.33. The third-order valence-electron chi connectivity index (χ3n) is 4.79. The summed E-state index contributed by atoms with van der Waals surface area (Å²) in [5.74, 6) is 6.35. The molecule has 0 spiro atoms. The topological polar surface area (TPSA) is 78.7 Å². The summed E-state index contributed by atoms with van der Waals surface area (Å²) in [5, 5.41) is 6.52. The maximum Gasteiger partial charge on any atom is 0.321 e. The van der Waals surface area contributed by atoms with Gasteiger partial charge in [0.1, 0.15) is 11.9 Å².